The minimum Gasteiger partial charge on any atom is -0.306 e. The molecular weight excluding hydrogens is 174 g/mol. The van der Waals surface area contributed by atoms with E-state index in [2.05, 4.69) is 23.4 Å². The van der Waals surface area contributed by atoms with Gasteiger partial charge < -0.3 is 5.32 Å². The lowest BCUT2D eigenvalue weighted by molar-refractivity contribution is 0.360. The van der Waals surface area contributed by atoms with Crippen LogP contribution in [0.25, 0.3) is 0 Å². The summed E-state index contributed by atoms with van der Waals surface area (Å²) in [6.07, 6.45) is 7.34. The summed E-state index contributed by atoms with van der Waals surface area (Å²) < 4.78 is 1.86. The summed E-state index contributed by atoms with van der Waals surface area (Å²) in [5.74, 6) is 0. The molecule has 3 nitrogen and oxygen atoms in total. The first-order chi connectivity index (χ1) is 6.68. The predicted octanol–water partition coefficient (Wildman–Crippen LogP) is 1.84. The molecule has 1 aromatic heterocycles. The number of nitrogens with zero attached hydrogens (tertiary/aromatic N) is 2. The molecule has 0 aromatic carbocycles. The molecule has 78 valence electrons. The van der Waals surface area contributed by atoms with Crippen molar-refractivity contribution in [1.82, 2.24) is 15.1 Å². The van der Waals surface area contributed by atoms with Crippen molar-refractivity contribution in [2.75, 3.05) is 0 Å². The van der Waals surface area contributed by atoms with Crippen molar-refractivity contribution < 1.29 is 0 Å². The summed E-state index contributed by atoms with van der Waals surface area (Å²) in [4.78, 5) is 0. The zero-order valence-electron chi connectivity index (χ0n) is 9.08. The van der Waals surface area contributed by atoms with Crippen molar-refractivity contribution >= 4 is 0 Å². The largest absolute Gasteiger partial charge is 0.306 e. The molecule has 0 bridgehead atoms. The number of hydrogen-bond donors (Lipinski definition) is 1. The van der Waals surface area contributed by atoms with Crippen LogP contribution in [0.2, 0.25) is 0 Å². The van der Waals surface area contributed by atoms with E-state index in [1.54, 1.807) is 0 Å². The quantitative estimate of drug-likeness (QED) is 0.794. The van der Waals surface area contributed by atoms with Crippen molar-refractivity contribution in [3.63, 3.8) is 0 Å². The molecule has 0 amide bonds. The highest BCUT2D eigenvalue weighted by atomic mass is 15.3. The van der Waals surface area contributed by atoms with E-state index in [-0.39, 0.29) is 0 Å². The Balaban J connectivity index is 1.87. The van der Waals surface area contributed by atoms with E-state index in [9.17, 15) is 0 Å². The lowest BCUT2D eigenvalue weighted by Crippen LogP contribution is -2.38. The molecule has 0 saturated heterocycles. The third kappa shape index (κ3) is 2.15. The molecule has 1 heterocycles. The van der Waals surface area contributed by atoms with Crippen LogP contribution in [0.3, 0.4) is 0 Å². The van der Waals surface area contributed by atoms with Crippen molar-refractivity contribution in [2.24, 2.45) is 7.05 Å². The van der Waals surface area contributed by atoms with Gasteiger partial charge in [-0.25, -0.2) is 0 Å². The van der Waals surface area contributed by atoms with Crippen LogP contribution >= 0.6 is 0 Å². The fourth-order valence-electron chi connectivity index (χ4n) is 2.19. The average molecular weight is 193 g/mol. The Hall–Kier alpha value is -0.830. The van der Waals surface area contributed by atoms with Crippen LogP contribution in [0.15, 0.2) is 12.3 Å². The maximum atomic E-state index is 4.36. The standard InChI is InChI=1S/C11H19N3/c1-11(6-3-4-7-11)12-9-10-5-8-14(2)13-10/h5,8,12H,3-4,6-7,9H2,1-2H3. The van der Waals surface area contributed by atoms with Gasteiger partial charge in [0.05, 0.1) is 5.69 Å². The van der Waals surface area contributed by atoms with Crippen LogP contribution in [0, 0.1) is 0 Å². The smallest absolute Gasteiger partial charge is 0.0762 e. The molecule has 1 aliphatic carbocycles. The average Bonchev–Trinajstić information content (AvgIpc) is 2.73. The number of aromatic nitrogens is 2. The number of aryl methyl sites for hydroxylation is 1. The fourth-order valence-corrected chi connectivity index (χ4v) is 2.19. The van der Waals surface area contributed by atoms with Gasteiger partial charge in [-0.2, -0.15) is 5.10 Å². The fraction of sp³-hybridized carbons (Fsp3) is 0.727. The van der Waals surface area contributed by atoms with Gasteiger partial charge in [0.2, 0.25) is 0 Å². The van der Waals surface area contributed by atoms with Gasteiger partial charge in [-0.05, 0) is 25.8 Å². The van der Waals surface area contributed by atoms with Gasteiger partial charge in [0.15, 0.2) is 0 Å². The van der Waals surface area contributed by atoms with Crippen molar-refractivity contribution in [1.29, 1.82) is 0 Å². The molecule has 1 aromatic rings. The molecule has 0 spiro atoms. The van der Waals surface area contributed by atoms with Crippen LogP contribution in [0.1, 0.15) is 38.3 Å². The van der Waals surface area contributed by atoms with Crippen molar-refractivity contribution in [3.05, 3.63) is 18.0 Å². The topological polar surface area (TPSA) is 29.9 Å². The van der Waals surface area contributed by atoms with Gasteiger partial charge >= 0.3 is 0 Å². The van der Waals surface area contributed by atoms with E-state index in [1.807, 2.05) is 17.9 Å². The number of nitrogens with one attached hydrogen (secondary N) is 1. The van der Waals surface area contributed by atoms with Crippen LogP contribution in [-0.2, 0) is 13.6 Å². The Kier molecular flexibility index (Phi) is 2.59. The second-order valence-electron chi connectivity index (χ2n) is 4.60. The minimum absolute atomic E-state index is 0.359. The summed E-state index contributed by atoms with van der Waals surface area (Å²) >= 11 is 0. The second-order valence-corrected chi connectivity index (χ2v) is 4.60. The monoisotopic (exact) mass is 193 g/mol. The third-order valence-electron chi connectivity index (χ3n) is 3.17. The zero-order chi connectivity index (χ0) is 10.0. The van der Waals surface area contributed by atoms with E-state index < -0.39 is 0 Å². The summed E-state index contributed by atoms with van der Waals surface area (Å²) in [6, 6.07) is 2.07. The molecule has 1 saturated carbocycles. The molecule has 0 radical (unpaired) electrons. The summed E-state index contributed by atoms with van der Waals surface area (Å²) in [7, 11) is 1.96. The van der Waals surface area contributed by atoms with Gasteiger partial charge in [0.1, 0.15) is 0 Å². The van der Waals surface area contributed by atoms with Gasteiger partial charge in [-0.1, -0.05) is 12.8 Å². The van der Waals surface area contributed by atoms with E-state index in [4.69, 9.17) is 0 Å². The van der Waals surface area contributed by atoms with Gasteiger partial charge in [0.25, 0.3) is 0 Å². The molecule has 0 atom stereocenters. The van der Waals surface area contributed by atoms with E-state index in [0.29, 0.717) is 5.54 Å². The molecule has 0 aliphatic heterocycles. The summed E-state index contributed by atoms with van der Waals surface area (Å²) in [5.41, 5.74) is 1.50. The Morgan fingerprint density at radius 3 is 2.79 bits per heavy atom. The molecule has 3 heteroatoms. The van der Waals surface area contributed by atoms with Crippen LogP contribution < -0.4 is 5.32 Å². The normalized spacial score (nSPS) is 20.1. The second kappa shape index (κ2) is 3.73. The zero-order valence-corrected chi connectivity index (χ0v) is 9.08. The first-order valence-corrected chi connectivity index (χ1v) is 5.42. The van der Waals surface area contributed by atoms with Gasteiger partial charge in [-0.3, -0.25) is 4.68 Å². The Labute approximate surface area is 85.5 Å². The lowest BCUT2D eigenvalue weighted by Gasteiger charge is -2.24. The third-order valence-corrected chi connectivity index (χ3v) is 3.17. The van der Waals surface area contributed by atoms with E-state index >= 15 is 0 Å². The van der Waals surface area contributed by atoms with Gasteiger partial charge in [0, 0.05) is 25.3 Å². The molecule has 14 heavy (non-hydrogen) atoms. The highest BCUT2D eigenvalue weighted by Crippen LogP contribution is 2.28. The Morgan fingerprint density at radius 2 is 2.21 bits per heavy atom. The van der Waals surface area contributed by atoms with Crippen molar-refractivity contribution in [2.45, 2.75) is 44.7 Å². The minimum atomic E-state index is 0.359. The number of hydrogen-bond acceptors (Lipinski definition) is 2. The van der Waals surface area contributed by atoms with Crippen LogP contribution in [0.4, 0.5) is 0 Å². The maximum Gasteiger partial charge on any atom is 0.0762 e. The summed E-state index contributed by atoms with van der Waals surface area (Å²) in [5, 5.41) is 7.97. The van der Waals surface area contributed by atoms with E-state index in [1.165, 1.54) is 25.7 Å². The molecule has 1 fully saturated rings. The van der Waals surface area contributed by atoms with Gasteiger partial charge in [-0.15, -0.1) is 0 Å². The van der Waals surface area contributed by atoms with E-state index in [0.717, 1.165) is 12.2 Å². The highest BCUT2D eigenvalue weighted by Gasteiger charge is 2.27. The van der Waals surface area contributed by atoms with Crippen LogP contribution in [0.5, 0.6) is 0 Å². The van der Waals surface area contributed by atoms with Crippen molar-refractivity contribution in [3.8, 4) is 0 Å². The first kappa shape index (κ1) is 9.71. The molecule has 0 unspecified atom stereocenters. The Bertz CT molecular complexity index is 297. The maximum absolute atomic E-state index is 4.36. The lowest BCUT2D eigenvalue weighted by atomic mass is 10.0. The predicted molar refractivity (Wildman–Crippen MR) is 56.9 cm³/mol. The number of rotatable bonds is 3. The molecular formula is C11H19N3. The Morgan fingerprint density at radius 1 is 1.50 bits per heavy atom. The first-order valence-electron chi connectivity index (χ1n) is 5.42. The highest BCUT2D eigenvalue weighted by molar-refractivity contribution is 5.00. The molecule has 2 rings (SSSR count). The SMILES string of the molecule is Cn1ccc(CNC2(C)CCCC2)n1. The molecule has 1 aliphatic rings. The molecule has 1 N–H and O–H groups in total. The van der Waals surface area contributed by atoms with Crippen LogP contribution in [-0.4, -0.2) is 15.3 Å². The summed E-state index contributed by atoms with van der Waals surface area (Å²) in [6.45, 7) is 3.22.